The number of rotatable bonds is 2. The highest BCUT2D eigenvalue weighted by Crippen LogP contribution is 2.26. The van der Waals surface area contributed by atoms with Crippen molar-refractivity contribution in [3.05, 3.63) is 29.3 Å². The molecule has 0 aromatic heterocycles. The lowest BCUT2D eigenvalue weighted by Gasteiger charge is -2.28. The summed E-state index contributed by atoms with van der Waals surface area (Å²) in [6, 6.07) is 7.05. The molecule has 18 heavy (non-hydrogen) atoms. The molecule has 0 radical (unpaired) electrons. The second kappa shape index (κ2) is 6.10. The Morgan fingerprint density at radius 1 is 1.39 bits per heavy atom. The third kappa shape index (κ3) is 3.64. The number of anilines is 1. The zero-order chi connectivity index (χ0) is 13.0. The molecule has 1 fully saturated rings. The first-order chi connectivity index (χ1) is 8.65. The molecule has 1 aliphatic rings. The van der Waals surface area contributed by atoms with E-state index in [-0.39, 0.29) is 6.10 Å². The third-order valence-electron chi connectivity index (χ3n) is 3.36. The Morgan fingerprint density at radius 2 is 2.17 bits per heavy atom. The summed E-state index contributed by atoms with van der Waals surface area (Å²) in [7, 11) is 0. The summed E-state index contributed by atoms with van der Waals surface area (Å²) in [6.45, 7) is 2.14. The Morgan fingerprint density at radius 3 is 2.89 bits per heavy atom. The smallest absolute Gasteiger partial charge is 0.411 e. The molecule has 1 aromatic carbocycles. The van der Waals surface area contributed by atoms with E-state index in [4.69, 9.17) is 16.3 Å². The average Bonchev–Trinajstić information content (AvgIpc) is 2.32. The van der Waals surface area contributed by atoms with Gasteiger partial charge in [0.15, 0.2) is 0 Å². The van der Waals surface area contributed by atoms with Crippen LogP contribution in [0, 0.1) is 5.92 Å². The lowest BCUT2D eigenvalue weighted by atomic mass is 9.88. The summed E-state index contributed by atoms with van der Waals surface area (Å²) in [5.41, 5.74) is 0.663. The van der Waals surface area contributed by atoms with Crippen molar-refractivity contribution < 1.29 is 9.53 Å². The van der Waals surface area contributed by atoms with Gasteiger partial charge in [0, 0.05) is 10.7 Å². The van der Waals surface area contributed by atoms with E-state index in [2.05, 4.69) is 12.2 Å². The molecular formula is C14H18ClNO2. The van der Waals surface area contributed by atoms with Crippen molar-refractivity contribution in [1.29, 1.82) is 0 Å². The van der Waals surface area contributed by atoms with E-state index in [1.165, 1.54) is 6.42 Å². The molecule has 98 valence electrons. The van der Waals surface area contributed by atoms with Crippen molar-refractivity contribution in [2.75, 3.05) is 5.32 Å². The molecule has 0 aliphatic heterocycles. The average molecular weight is 268 g/mol. The van der Waals surface area contributed by atoms with E-state index in [0.717, 1.165) is 19.3 Å². The SMILES string of the molecule is C[C@@H]1CCCC[C@@H]1OC(=O)Nc1cccc(Cl)c1. The maximum Gasteiger partial charge on any atom is 0.411 e. The van der Waals surface area contributed by atoms with Gasteiger partial charge in [-0.3, -0.25) is 5.32 Å². The molecule has 0 unspecified atom stereocenters. The molecular weight excluding hydrogens is 250 g/mol. The lowest BCUT2D eigenvalue weighted by molar-refractivity contribution is 0.0524. The van der Waals surface area contributed by atoms with Gasteiger partial charge in [0.25, 0.3) is 0 Å². The number of hydrogen-bond donors (Lipinski definition) is 1. The minimum Gasteiger partial charge on any atom is -0.446 e. The second-order valence-electron chi connectivity index (χ2n) is 4.84. The predicted octanol–water partition coefficient (Wildman–Crippen LogP) is 4.47. The van der Waals surface area contributed by atoms with E-state index in [1.807, 2.05) is 0 Å². The van der Waals surface area contributed by atoms with Crippen LogP contribution in [0.3, 0.4) is 0 Å². The second-order valence-corrected chi connectivity index (χ2v) is 5.28. The molecule has 3 nitrogen and oxygen atoms in total. The van der Waals surface area contributed by atoms with Crippen molar-refractivity contribution in [2.45, 2.75) is 38.7 Å². The largest absolute Gasteiger partial charge is 0.446 e. The first-order valence-electron chi connectivity index (χ1n) is 6.38. The highest BCUT2D eigenvalue weighted by atomic mass is 35.5. The lowest BCUT2D eigenvalue weighted by Crippen LogP contribution is -2.30. The first-order valence-corrected chi connectivity index (χ1v) is 6.76. The van der Waals surface area contributed by atoms with Crippen LogP contribution in [-0.2, 0) is 4.74 Å². The number of amides is 1. The van der Waals surface area contributed by atoms with Gasteiger partial charge in [-0.25, -0.2) is 4.79 Å². The molecule has 1 aromatic rings. The van der Waals surface area contributed by atoms with Crippen LogP contribution < -0.4 is 5.32 Å². The van der Waals surface area contributed by atoms with Crippen molar-refractivity contribution in [1.82, 2.24) is 0 Å². The molecule has 1 saturated carbocycles. The first kappa shape index (κ1) is 13.2. The molecule has 1 amide bonds. The topological polar surface area (TPSA) is 38.3 Å². The highest BCUT2D eigenvalue weighted by Gasteiger charge is 2.24. The van der Waals surface area contributed by atoms with Gasteiger partial charge in [-0.05, 0) is 43.4 Å². The number of halogens is 1. The number of nitrogens with one attached hydrogen (secondary N) is 1. The Bertz CT molecular complexity index is 422. The number of ether oxygens (including phenoxy) is 1. The minimum atomic E-state index is -0.393. The van der Waals surface area contributed by atoms with Crippen LogP contribution in [0.2, 0.25) is 5.02 Å². The van der Waals surface area contributed by atoms with Gasteiger partial charge < -0.3 is 4.74 Å². The van der Waals surface area contributed by atoms with E-state index < -0.39 is 6.09 Å². The molecule has 0 heterocycles. The van der Waals surface area contributed by atoms with Crippen LogP contribution in [0.4, 0.5) is 10.5 Å². The van der Waals surface area contributed by atoms with Crippen molar-refractivity contribution >= 4 is 23.4 Å². The van der Waals surface area contributed by atoms with Gasteiger partial charge in [0.05, 0.1) is 0 Å². The normalized spacial score (nSPS) is 23.4. The molecule has 4 heteroatoms. The van der Waals surface area contributed by atoms with Gasteiger partial charge in [-0.2, -0.15) is 0 Å². The van der Waals surface area contributed by atoms with Crippen LogP contribution in [-0.4, -0.2) is 12.2 Å². The maximum absolute atomic E-state index is 11.8. The van der Waals surface area contributed by atoms with Gasteiger partial charge in [-0.15, -0.1) is 0 Å². The summed E-state index contributed by atoms with van der Waals surface area (Å²) < 4.78 is 5.45. The van der Waals surface area contributed by atoms with Crippen LogP contribution in [0.15, 0.2) is 24.3 Å². The Balaban J connectivity index is 1.88. The van der Waals surface area contributed by atoms with Gasteiger partial charge >= 0.3 is 6.09 Å². The summed E-state index contributed by atoms with van der Waals surface area (Å²) in [5.74, 6) is 0.448. The fraction of sp³-hybridized carbons (Fsp3) is 0.500. The molecule has 0 saturated heterocycles. The maximum atomic E-state index is 11.8. The van der Waals surface area contributed by atoms with E-state index in [9.17, 15) is 4.79 Å². The number of hydrogen-bond acceptors (Lipinski definition) is 2. The molecule has 1 N–H and O–H groups in total. The van der Waals surface area contributed by atoms with Crippen LogP contribution in [0.25, 0.3) is 0 Å². The van der Waals surface area contributed by atoms with E-state index in [1.54, 1.807) is 24.3 Å². The number of carbonyl (C=O) groups is 1. The summed E-state index contributed by atoms with van der Waals surface area (Å²) in [6.07, 6.45) is 4.12. The Kier molecular flexibility index (Phi) is 4.48. The van der Waals surface area contributed by atoms with Crippen molar-refractivity contribution in [3.8, 4) is 0 Å². The fourth-order valence-corrected chi connectivity index (χ4v) is 2.50. The highest BCUT2D eigenvalue weighted by molar-refractivity contribution is 6.30. The van der Waals surface area contributed by atoms with Crippen molar-refractivity contribution in [2.24, 2.45) is 5.92 Å². The molecule has 1 aliphatic carbocycles. The van der Waals surface area contributed by atoms with Crippen LogP contribution in [0.1, 0.15) is 32.6 Å². The van der Waals surface area contributed by atoms with E-state index in [0.29, 0.717) is 16.6 Å². The fourth-order valence-electron chi connectivity index (χ4n) is 2.31. The van der Waals surface area contributed by atoms with Gasteiger partial charge in [-0.1, -0.05) is 31.0 Å². The molecule has 2 rings (SSSR count). The van der Waals surface area contributed by atoms with E-state index >= 15 is 0 Å². The molecule has 0 spiro atoms. The number of carbonyl (C=O) groups excluding carboxylic acids is 1. The minimum absolute atomic E-state index is 0.0398. The number of benzene rings is 1. The monoisotopic (exact) mass is 267 g/mol. The Labute approximate surface area is 112 Å². The quantitative estimate of drug-likeness (QED) is 0.859. The summed E-state index contributed by atoms with van der Waals surface area (Å²) in [5, 5.41) is 3.30. The van der Waals surface area contributed by atoms with Gasteiger partial charge in [0.1, 0.15) is 6.10 Å². The predicted molar refractivity (Wildman–Crippen MR) is 73.0 cm³/mol. The zero-order valence-electron chi connectivity index (χ0n) is 10.5. The van der Waals surface area contributed by atoms with Crippen molar-refractivity contribution in [3.63, 3.8) is 0 Å². The third-order valence-corrected chi connectivity index (χ3v) is 3.60. The van der Waals surface area contributed by atoms with Crippen LogP contribution in [0.5, 0.6) is 0 Å². The standard InChI is InChI=1S/C14H18ClNO2/c1-10-5-2-3-8-13(10)18-14(17)16-12-7-4-6-11(15)9-12/h4,6-7,9-10,13H,2-3,5,8H2,1H3,(H,16,17)/t10-,13+/m1/s1. The van der Waals surface area contributed by atoms with Crippen LogP contribution >= 0.6 is 11.6 Å². The van der Waals surface area contributed by atoms with Gasteiger partial charge in [0.2, 0.25) is 0 Å². The Hall–Kier alpha value is -1.22. The molecule has 0 bridgehead atoms. The molecule has 2 atom stereocenters. The zero-order valence-corrected chi connectivity index (χ0v) is 11.2. The summed E-state index contributed by atoms with van der Waals surface area (Å²) >= 11 is 5.85. The summed E-state index contributed by atoms with van der Waals surface area (Å²) in [4.78, 5) is 11.8.